The molecule has 0 unspecified atom stereocenters. The third-order valence-electron chi connectivity index (χ3n) is 4.90. The SMILES string of the molecule is CCc1cc(NC(=O)c2nn(-c3ccccc3)c3c2CCCCC3)n[nH]1. The highest BCUT2D eigenvalue weighted by Crippen LogP contribution is 2.27. The molecule has 6 nitrogen and oxygen atoms in total. The summed E-state index contributed by atoms with van der Waals surface area (Å²) in [6, 6.07) is 11.9. The third-order valence-corrected chi connectivity index (χ3v) is 4.90. The Hall–Kier alpha value is -2.89. The summed E-state index contributed by atoms with van der Waals surface area (Å²) in [7, 11) is 0. The molecule has 0 aliphatic heterocycles. The second-order valence-corrected chi connectivity index (χ2v) is 6.67. The molecule has 0 fully saturated rings. The van der Waals surface area contributed by atoms with Crippen LogP contribution in [-0.4, -0.2) is 25.9 Å². The van der Waals surface area contributed by atoms with E-state index < -0.39 is 0 Å². The van der Waals surface area contributed by atoms with E-state index in [9.17, 15) is 4.79 Å². The average Bonchev–Trinajstić information content (AvgIpc) is 3.19. The monoisotopic (exact) mass is 349 g/mol. The van der Waals surface area contributed by atoms with Gasteiger partial charge in [-0.05, 0) is 44.2 Å². The number of aryl methyl sites for hydroxylation is 1. The topological polar surface area (TPSA) is 75.6 Å². The molecule has 0 saturated heterocycles. The largest absolute Gasteiger partial charge is 0.304 e. The average molecular weight is 349 g/mol. The number of amides is 1. The van der Waals surface area contributed by atoms with Crippen LogP contribution in [0.1, 0.15) is 53.6 Å². The van der Waals surface area contributed by atoms with Gasteiger partial charge in [-0.15, -0.1) is 0 Å². The number of nitrogens with one attached hydrogen (secondary N) is 2. The lowest BCUT2D eigenvalue weighted by Crippen LogP contribution is -2.15. The summed E-state index contributed by atoms with van der Waals surface area (Å²) in [6.07, 6.45) is 6.10. The van der Waals surface area contributed by atoms with Crippen LogP contribution >= 0.6 is 0 Å². The van der Waals surface area contributed by atoms with E-state index in [4.69, 9.17) is 5.10 Å². The minimum absolute atomic E-state index is 0.188. The fourth-order valence-corrected chi connectivity index (χ4v) is 3.52. The number of rotatable bonds is 4. The van der Waals surface area contributed by atoms with E-state index in [0.717, 1.165) is 54.7 Å². The van der Waals surface area contributed by atoms with Crippen molar-refractivity contribution in [2.24, 2.45) is 0 Å². The Morgan fingerprint density at radius 3 is 2.77 bits per heavy atom. The minimum Gasteiger partial charge on any atom is -0.304 e. The quantitative estimate of drug-likeness (QED) is 0.706. The molecule has 1 aliphatic carbocycles. The number of aromatic nitrogens is 4. The highest BCUT2D eigenvalue weighted by Gasteiger charge is 2.25. The van der Waals surface area contributed by atoms with Crippen LogP contribution < -0.4 is 5.32 Å². The zero-order valence-corrected chi connectivity index (χ0v) is 15.0. The summed E-state index contributed by atoms with van der Waals surface area (Å²) in [5.41, 5.74) is 4.75. The second-order valence-electron chi connectivity index (χ2n) is 6.67. The summed E-state index contributed by atoms with van der Waals surface area (Å²) >= 11 is 0. The van der Waals surface area contributed by atoms with Crippen molar-refractivity contribution in [2.45, 2.75) is 45.4 Å². The Morgan fingerprint density at radius 1 is 1.19 bits per heavy atom. The van der Waals surface area contributed by atoms with Gasteiger partial charge in [0.05, 0.1) is 5.69 Å². The fraction of sp³-hybridized carbons (Fsp3) is 0.350. The first kappa shape index (κ1) is 16.6. The van der Waals surface area contributed by atoms with Crippen LogP contribution in [0.4, 0.5) is 5.82 Å². The standard InChI is InChI=1S/C20H23N5O/c1-2-14-13-18(23-22-14)21-20(26)19-16-11-7-4-8-12-17(16)25(24-19)15-9-5-3-6-10-15/h3,5-6,9-10,13H,2,4,7-8,11-12H2,1H3,(H2,21,22,23,26). The predicted molar refractivity (Wildman–Crippen MR) is 101 cm³/mol. The number of benzene rings is 1. The normalized spacial score (nSPS) is 13.9. The summed E-state index contributed by atoms with van der Waals surface area (Å²) in [6.45, 7) is 2.04. The first-order valence-electron chi connectivity index (χ1n) is 9.28. The van der Waals surface area contributed by atoms with Gasteiger partial charge in [0.25, 0.3) is 5.91 Å². The first-order chi connectivity index (χ1) is 12.8. The predicted octanol–water partition coefficient (Wildman–Crippen LogP) is 3.68. The summed E-state index contributed by atoms with van der Waals surface area (Å²) in [5, 5.41) is 14.7. The molecule has 1 amide bonds. The van der Waals surface area contributed by atoms with Gasteiger partial charge in [0, 0.05) is 23.0 Å². The van der Waals surface area contributed by atoms with Crippen molar-refractivity contribution in [1.82, 2.24) is 20.0 Å². The van der Waals surface area contributed by atoms with Crippen LogP contribution in [-0.2, 0) is 19.3 Å². The zero-order valence-electron chi connectivity index (χ0n) is 15.0. The number of nitrogens with zero attached hydrogens (tertiary/aromatic N) is 3. The molecule has 6 heteroatoms. The van der Waals surface area contributed by atoms with Crippen molar-refractivity contribution in [1.29, 1.82) is 0 Å². The van der Waals surface area contributed by atoms with Gasteiger partial charge in [0.1, 0.15) is 0 Å². The van der Waals surface area contributed by atoms with Gasteiger partial charge >= 0.3 is 0 Å². The second kappa shape index (κ2) is 7.15. The maximum atomic E-state index is 12.9. The highest BCUT2D eigenvalue weighted by atomic mass is 16.2. The molecule has 1 aliphatic rings. The van der Waals surface area contributed by atoms with E-state index in [0.29, 0.717) is 11.5 Å². The van der Waals surface area contributed by atoms with Gasteiger partial charge in [-0.2, -0.15) is 10.2 Å². The molecular weight excluding hydrogens is 326 g/mol. The highest BCUT2D eigenvalue weighted by molar-refractivity contribution is 6.03. The van der Waals surface area contributed by atoms with Crippen molar-refractivity contribution in [3.8, 4) is 5.69 Å². The van der Waals surface area contributed by atoms with E-state index in [1.807, 2.05) is 48.0 Å². The lowest BCUT2D eigenvalue weighted by Gasteiger charge is -2.06. The molecule has 0 spiro atoms. The molecule has 4 rings (SSSR count). The number of fused-ring (bicyclic) bond motifs is 1. The summed E-state index contributed by atoms with van der Waals surface area (Å²) in [5.74, 6) is 0.357. The number of para-hydroxylation sites is 1. The first-order valence-corrected chi connectivity index (χ1v) is 9.28. The van der Waals surface area contributed by atoms with E-state index in [-0.39, 0.29) is 5.91 Å². The van der Waals surface area contributed by atoms with Crippen molar-refractivity contribution >= 4 is 11.7 Å². The van der Waals surface area contributed by atoms with Crippen molar-refractivity contribution in [3.05, 3.63) is 59.0 Å². The Labute approximate surface area is 152 Å². The van der Waals surface area contributed by atoms with Gasteiger partial charge in [0.15, 0.2) is 11.5 Å². The van der Waals surface area contributed by atoms with Crippen LogP contribution in [0.2, 0.25) is 0 Å². The fourth-order valence-electron chi connectivity index (χ4n) is 3.52. The summed E-state index contributed by atoms with van der Waals surface area (Å²) in [4.78, 5) is 12.9. The molecule has 2 heterocycles. The number of carbonyl (C=O) groups is 1. The number of hydrogen-bond donors (Lipinski definition) is 2. The number of H-pyrrole nitrogens is 1. The van der Waals surface area contributed by atoms with Crippen molar-refractivity contribution in [2.75, 3.05) is 5.32 Å². The molecule has 0 atom stereocenters. The van der Waals surface area contributed by atoms with Gasteiger partial charge < -0.3 is 5.32 Å². The Bertz CT molecular complexity index is 910. The smallest absolute Gasteiger partial charge is 0.277 e. The van der Waals surface area contributed by atoms with Gasteiger partial charge in [-0.3, -0.25) is 9.89 Å². The van der Waals surface area contributed by atoms with Gasteiger partial charge in [-0.1, -0.05) is 31.5 Å². The molecule has 26 heavy (non-hydrogen) atoms. The van der Waals surface area contributed by atoms with Crippen LogP contribution in [0.15, 0.2) is 36.4 Å². The van der Waals surface area contributed by atoms with Crippen molar-refractivity contribution in [3.63, 3.8) is 0 Å². The molecule has 0 radical (unpaired) electrons. The molecule has 1 aromatic carbocycles. The number of aromatic amines is 1. The molecule has 3 aromatic rings. The van der Waals surface area contributed by atoms with Crippen LogP contribution in [0.3, 0.4) is 0 Å². The summed E-state index contributed by atoms with van der Waals surface area (Å²) < 4.78 is 1.94. The van der Waals surface area contributed by atoms with E-state index in [1.54, 1.807) is 0 Å². The van der Waals surface area contributed by atoms with Gasteiger partial charge in [-0.25, -0.2) is 4.68 Å². The Balaban J connectivity index is 1.71. The molecule has 2 N–H and O–H groups in total. The minimum atomic E-state index is -0.188. The molecule has 0 saturated carbocycles. The molecule has 0 bridgehead atoms. The van der Waals surface area contributed by atoms with E-state index >= 15 is 0 Å². The van der Waals surface area contributed by atoms with Gasteiger partial charge in [0.2, 0.25) is 0 Å². The Kier molecular flexibility index (Phi) is 4.56. The third kappa shape index (κ3) is 3.14. The maximum absolute atomic E-state index is 12.9. The lowest BCUT2D eigenvalue weighted by molar-refractivity contribution is 0.102. The molecule has 134 valence electrons. The number of anilines is 1. The van der Waals surface area contributed by atoms with Crippen molar-refractivity contribution < 1.29 is 4.79 Å². The zero-order chi connectivity index (χ0) is 17.9. The van der Waals surface area contributed by atoms with Crippen LogP contribution in [0.5, 0.6) is 0 Å². The van der Waals surface area contributed by atoms with E-state index in [1.165, 1.54) is 6.42 Å². The van der Waals surface area contributed by atoms with Crippen LogP contribution in [0.25, 0.3) is 5.69 Å². The molecular formula is C20H23N5O. The number of carbonyl (C=O) groups excluding carboxylic acids is 1. The number of hydrogen-bond acceptors (Lipinski definition) is 3. The van der Waals surface area contributed by atoms with Crippen LogP contribution in [0, 0.1) is 0 Å². The lowest BCUT2D eigenvalue weighted by atomic mass is 10.1. The van der Waals surface area contributed by atoms with E-state index in [2.05, 4.69) is 15.5 Å². The Morgan fingerprint density at radius 2 is 2.00 bits per heavy atom. The molecule has 2 aromatic heterocycles. The maximum Gasteiger partial charge on any atom is 0.277 e.